The van der Waals surface area contributed by atoms with E-state index in [4.69, 9.17) is 22.1 Å². The van der Waals surface area contributed by atoms with Gasteiger partial charge in [0.2, 0.25) is 5.91 Å². The molecule has 0 spiro atoms. The largest absolute Gasteiger partial charge is 0.381 e. The van der Waals surface area contributed by atoms with E-state index in [1.807, 2.05) is 24.3 Å². The van der Waals surface area contributed by atoms with Gasteiger partial charge in [0.25, 0.3) is 0 Å². The molecule has 2 aliphatic rings. The Labute approximate surface area is 142 Å². The van der Waals surface area contributed by atoms with Crippen molar-refractivity contribution in [1.82, 2.24) is 5.32 Å². The lowest BCUT2D eigenvalue weighted by Gasteiger charge is -2.39. The third kappa shape index (κ3) is 3.54. The maximum Gasteiger partial charge on any atom is 0.224 e. The highest BCUT2D eigenvalue weighted by Gasteiger charge is 2.40. The van der Waals surface area contributed by atoms with Crippen molar-refractivity contribution in [2.75, 3.05) is 19.8 Å². The molecular weight excluding hydrogens is 312 g/mol. The minimum absolute atomic E-state index is 0.0482. The molecule has 2 atom stereocenters. The van der Waals surface area contributed by atoms with Crippen LogP contribution in [0.25, 0.3) is 0 Å². The van der Waals surface area contributed by atoms with Crippen LogP contribution in [0.3, 0.4) is 0 Å². The Hall–Kier alpha value is -1.10. The van der Waals surface area contributed by atoms with E-state index in [9.17, 15) is 4.79 Å². The number of benzene rings is 1. The first-order valence-electron chi connectivity index (χ1n) is 8.50. The Kier molecular flexibility index (Phi) is 5.24. The molecule has 1 saturated carbocycles. The van der Waals surface area contributed by atoms with Crippen LogP contribution >= 0.6 is 11.6 Å². The Balaban J connectivity index is 1.81. The van der Waals surface area contributed by atoms with Crippen LogP contribution in [-0.4, -0.2) is 25.7 Å². The highest BCUT2D eigenvalue weighted by molar-refractivity contribution is 6.30. The highest BCUT2D eigenvalue weighted by Crippen LogP contribution is 2.36. The Morgan fingerprint density at radius 2 is 1.96 bits per heavy atom. The molecule has 0 aromatic heterocycles. The molecule has 1 aliphatic carbocycles. The molecule has 3 rings (SSSR count). The second-order valence-corrected chi connectivity index (χ2v) is 7.16. The van der Waals surface area contributed by atoms with Gasteiger partial charge in [-0.3, -0.25) is 4.79 Å². The second-order valence-electron chi connectivity index (χ2n) is 6.72. The summed E-state index contributed by atoms with van der Waals surface area (Å²) in [6.07, 6.45) is 4.68. The minimum Gasteiger partial charge on any atom is -0.381 e. The summed E-state index contributed by atoms with van der Waals surface area (Å²) in [6, 6.07) is 7.81. The van der Waals surface area contributed by atoms with E-state index in [2.05, 4.69) is 5.32 Å². The second kappa shape index (κ2) is 7.20. The zero-order chi connectivity index (χ0) is 16.3. The molecule has 1 heterocycles. The lowest BCUT2D eigenvalue weighted by molar-refractivity contribution is -0.129. The van der Waals surface area contributed by atoms with Crippen LogP contribution in [-0.2, 0) is 15.1 Å². The van der Waals surface area contributed by atoms with E-state index in [-0.39, 0.29) is 17.4 Å². The van der Waals surface area contributed by atoms with Crippen molar-refractivity contribution in [1.29, 1.82) is 0 Å². The van der Waals surface area contributed by atoms with Crippen molar-refractivity contribution < 1.29 is 9.53 Å². The molecule has 0 unspecified atom stereocenters. The highest BCUT2D eigenvalue weighted by atomic mass is 35.5. The van der Waals surface area contributed by atoms with Gasteiger partial charge in [-0.05, 0) is 55.8 Å². The molecule has 23 heavy (non-hydrogen) atoms. The number of hydrogen-bond donors (Lipinski definition) is 2. The topological polar surface area (TPSA) is 64.4 Å². The number of rotatable bonds is 4. The summed E-state index contributed by atoms with van der Waals surface area (Å²) in [7, 11) is 0. The van der Waals surface area contributed by atoms with E-state index in [0.29, 0.717) is 30.7 Å². The minimum atomic E-state index is -0.346. The summed E-state index contributed by atoms with van der Waals surface area (Å²) >= 11 is 6.02. The van der Waals surface area contributed by atoms with Crippen molar-refractivity contribution in [2.45, 2.75) is 37.6 Å². The monoisotopic (exact) mass is 336 g/mol. The Bertz CT molecular complexity index is 540. The third-order valence-corrected chi connectivity index (χ3v) is 5.66. The summed E-state index contributed by atoms with van der Waals surface area (Å²) in [5.74, 6) is 0.513. The van der Waals surface area contributed by atoms with Crippen LogP contribution in [0.5, 0.6) is 0 Å². The number of carbonyl (C=O) groups excluding carboxylic acids is 1. The van der Waals surface area contributed by atoms with Crippen molar-refractivity contribution in [3.05, 3.63) is 34.9 Å². The molecule has 1 aromatic rings. The predicted molar refractivity (Wildman–Crippen MR) is 91.2 cm³/mol. The molecule has 0 bridgehead atoms. The SMILES string of the molecule is NC[C@H]1CCC[C@H]1C(=O)NC1(c2ccc(Cl)cc2)CCOCC1. The number of ether oxygens (including phenoxy) is 1. The van der Waals surface area contributed by atoms with Crippen molar-refractivity contribution in [3.63, 3.8) is 0 Å². The first kappa shape index (κ1) is 16.7. The predicted octanol–water partition coefficient (Wildman–Crippen LogP) is 2.84. The third-order valence-electron chi connectivity index (χ3n) is 5.40. The van der Waals surface area contributed by atoms with Crippen molar-refractivity contribution in [2.24, 2.45) is 17.6 Å². The number of halogens is 1. The lowest BCUT2D eigenvalue weighted by atomic mass is 9.81. The van der Waals surface area contributed by atoms with Gasteiger partial charge in [-0.15, -0.1) is 0 Å². The summed E-state index contributed by atoms with van der Waals surface area (Å²) in [5, 5.41) is 4.07. The molecular formula is C18H25ClN2O2. The molecule has 1 aliphatic heterocycles. The standard InChI is InChI=1S/C18H25ClN2O2/c19-15-6-4-14(5-7-15)18(8-10-23-11-9-18)21-17(22)16-3-1-2-13(16)12-20/h4-7,13,16H,1-3,8-12,20H2,(H,21,22)/t13-,16-/m1/s1. The molecule has 1 aromatic carbocycles. The molecule has 3 N–H and O–H groups in total. The molecule has 4 nitrogen and oxygen atoms in total. The van der Waals surface area contributed by atoms with Gasteiger partial charge in [0.15, 0.2) is 0 Å². The van der Waals surface area contributed by atoms with Crippen LogP contribution in [0.2, 0.25) is 5.02 Å². The fraction of sp³-hybridized carbons (Fsp3) is 0.611. The number of nitrogens with two attached hydrogens (primary N) is 1. The summed E-state index contributed by atoms with van der Waals surface area (Å²) in [5.41, 5.74) is 6.61. The Morgan fingerprint density at radius 3 is 2.61 bits per heavy atom. The molecule has 0 radical (unpaired) electrons. The Morgan fingerprint density at radius 1 is 1.26 bits per heavy atom. The first-order chi connectivity index (χ1) is 11.1. The quantitative estimate of drug-likeness (QED) is 0.888. The van der Waals surface area contributed by atoms with Crippen LogP contribution in [0, 0.1) is 11.8 Å². The first-order valence-corrected chi connectivity index (χ1v) is 8.88. The van der Waals surface area contributed by atoms with Gasteiger partial charge in [-0.25, -0.2) is 0 Å². The fourth-order valence-electron chi connectivity index (χ4n) is 3.97. The van der Waals surface area contributed by atoms with Crippen LogP contribution < -0.4 is 11.1 Å². The van der Waals surface area contributed by atoms with Gasteiger partial charge in [0, 0.05) is 24.2 Å². The molecule has 1 saturated heterocycles. The maximum atomic E-state index is 12.9. The van der Waals surface area contributed by atoms with Crippen molar-refractivity contribution >= 4 is 17.5 Å². The van der Waals surface area contributed by atoms with E-state index in [1.54, 1.807) is 0 Å². The van der Waals surface area contributed by atoms with Crippen molar-refractivity contribution in [3.8, 4) is 0 Å². The number of carbonyl (C=O) groups is 1. The van der Waals surface area contributed by atoms with Gasteiger partial charge in [-0.2, -0.15) is 0 Å². The van der Waals surface area contributed by atoms with E-state index in [1.165, 1.54) is 0 Å². The van der Waals surface area contributed by atoms with Gasteiger partial charge in [-0.1, -0.05) is 30.2 Å². The lowest BCUT2D eigenvalue weighted by Crippen LogP contribution is -2.52. The number of amides is 1. The van der Waals surface area contributed by atoms with Gasteiger partial charge in [0.1, 0.15) is 0 Å². The summed E-state index contributed by atoms with van der Waals surface area (Å²) in [4.78, 5) is 12.9. The smallest absolute Gasteiger partial charge is 0.224 e. The molecule has 1 amide bonds. The summed E-state index contributed by atoms with van der Waals surface area (Å²) < 4.78 is 5.52. The molecule has 2 fully saturated rings. The number of hydrogen-bond acceptors (Lipinski definition) is 3. The van der Waals surface area contributed by atoms with Gasteiger partial charge in [0.05, 0.1) is 5.54 Å². The van der Waals surface area contributed by atoms with Crippen LogP contribution in [0.1, 0.15) is 37.7 Å². The average molecular weight is 337 g/mol. The maximum absolute atomic E-state index is 12.9. The number of nitrogens with one attached hydrogen (secondary N) is 1. The average Bonchev–Trinajstić information content (AvgIpc) is 3.05. The molecule has 126 valence electrons. The van der Waals surface area contributed by atoms with E-state index in [0.717, 1.165) is 37.7 Å². The zero-order valence-corrected chi connectivity index (χ0v) is 14.1. The van der Waals surface area contributed by atoms with E-state index >= 15 is 0 Å². The normalized spacial score (nSPS) is 26.9. The van der Waals surface area contributed by atoms with Crippen LogP contribution in [0.15, 0.2) is 24.3 Å². The molecule has 5 heteroatoms. The van der Waals surface area contributed by atoms with Gasteiger partial charge < -0.3 is 15.8 Å². The summed E-state index contributed by atoms with van der Waals surface area (Å²) in [6.45, 7) is 1.91. The van der Waals surface area contributed by atoms with E-state index < -0.39 is 0 Å². The van der Waals surface area contributed by atoms with Crippen LogP contribution in [0.4, 0.5) is 0 Å². The zero-order valence-electron chi connectivity index (χ0n) is 13.4. The van der Waals surface area contributed by atoms with Gasteiger partial charge >= 0.3 is 0 Å². The fourth-order valence-corrected chi connectivity index (χ4v) is 4.09.